The second kappa shape index (κ2) is 3.41. The first kappa shape index (κ1) is 8.81. The predicted molar refractivity (Wildman–Crippen MR) is 42.9 cm³/mol. The lowest BCUT2D eigenvalue weighted by atomic mass is 10.1. The Kier molecular flexibility index (Phi) is 2.73. The molecule has 1 aliphatic rings. The molecule has 1 heterocycles. The number of nitrogens with zero attached hydrogens (tertiary/aromatic N) is 1. The molecule has 0 bridgehead atoms. The molecule has 0 aliphatic carbocycles. The van der Waals surface area contributed by atoms with Gasteiger partial charge in [-0.25, -0.2) is 0 Å². The van der Waals surface area contributed by atoms with Crippen molar-refractivity contribution in [3.63, 3.8) is 0 Å². The second-order valence-electron chi connectivity index (χ2n) is 3.05. The quantitative estimate of drug-likeness (QED) is 0.629. The minimum atomic E-state index is -0.896. The number of carboxylic acids is 1. The largest absolute Gasteiger partial charge is 0.480 e. The maximum absolute atomic E-state index is 10.4. The third-order valence-corrected chi connectivity index (χ3v) is 2.62. The van der Waals surface area contributed by atoms with E-state index in [1.54, 1.807) is 0 Å². The first-order valence-corrected chi connectivity index (χ1v) is 4.10. The van der Waals surface area contributed by atoms with Crippen LogP contribution >= 0.6 is 11.6 Å². The molecule has 1 fully saturated rings. The molecule has 1 aliphatic heterocycles. The van der Waals surface area contributed by atoms with Crippen LogP contribution in [0.4, 0.5) is 0 Å². The van der Waals surface area contributed by atoms with Crippen LogP contribution in [0.2, 0.25) is 0 Å². The number of carbonyl (C=O) groups is 1. The molecule has 3 nitrogen and oxygen atoms in total. The van der Waals surface area contributed by atoms with Gasteiger partial charge in [-0.05, 0) is 25.9 Å². The topological polar surface area (TPSA) is 40.5 Å². The van der Waals surface area contributed by atoms with E-state index in [0.717, 1.165) is 19.5 Å². The first-order valence-electron chi connectivity index (χ1n) is 3.66. The van der Waals surface area contributed by atoms with Gasteiger partial charge >= 0.3 is 5.97 Å². The monoisotopic (exact) mass is 177 g/mol. The molecule has 1 rings (SSSR count). The third kappa shape index (κ3) is 2.07. The zero-order valence-electron chi connectivity index (χ0n) is 6.46. The van der Waals surface area contributed by atoms with Crippen molar-refractivity contribution in [1.82, 2.24) is 4.90 Å². The highest BCUT2D eigenvalue weighted by atomic mass is 35.5. The van der Waals surface area contributed by atoms with Crippen molar-refractivity contribution >= 4 is 17.6 Å². The molecule has 4 heteroatoms. The Morgan fingerprint density at radius 1 is 1.82 bits per heavy atom. The molecule has 11 heavy (non-hydrogen) atoms. The summed E-state index contributed by atoms with van der Waals surface area (Å²) >= 11 is 5.66. The summed E-state index contributed by atoms with van der Waals surface area (Å²) in [4.78, 5) is 12.5. The SMILES string of the molecule is CN1CCC(C(Cl)C(=O)O)C1. The van der Waals surface area contributed by atoms with Crippen LogP contribution in [0.15, 0.2) is 0 Å². The molecule has 0 saturated carbocycles. The average molecular weight is 178 g/mol. The number of carboxylic acid groups (broad SMARTS) is 1. The van der Waals surface area contributed by atoms with Gasteiger partial charge in [0.15, 0.2) is 0 Å². The molecule has 0 aromatic heterocycles. The summed E-state index contributed by atoms with van der Waals surface area (Å²) in [5, 5.41) is 7.87. The fraction of sp³-hybridized carbons (Fsp3) is 0.857. The Hall–Kier alpha value is -0.280. The van der Waals surface area contributed by atoms with Gasteiger partial charge in [-0.15, -0.1) is 11.6 Å². The van der Waals surface area contributed by atoms with E-state index < -0.39 is 11.3 Å². The van der Waals surface area contributed by atoms with Gasteiger partial charge in [0.25, 0.3) is 0 Å². The number of hydrogen-bond acceptors (Lipinski definition) is 2. The smallest absolute Gasteiger partial charge is 0.321 e. The molecular formula is C7H12ClNO2. The van der Waals surface area contributed by atoms with Crippen LogP contribution in [0.1, 0.15) is 6.42 Å². The van der Waals surface area contributed by atoms with E-state index in [2.05, 4.69) is 4.90 Å². The molecule has 0 aromatic carbocycles. The van der Waals surface area contributed by atoms with Crippen LogP contribution in [0, 0.1) is 5.92 Å². The minimum Gasteiger partial charge on any atom is -0.480 e. The summed E-state index contributed by atoms with van der Waals surface area (Å²) in [6.07, 6.45) is 0.900. The van der Waals surface area contributed by atoms with Gasteiger partial charge in [0.2, 0.25) is 0 Å². The lowest BCUT2D eigenvalue weighted by Crippen LogP contribution is -2.26. The van der Waals surface area contributed by atoms with Crippen LogP contribution in [0.3, 0.4) is 0 Å². The average Bonchev–Trinajstić information content (AvgIpc) is 2.34. The number of alkyl halides is 1. The van der Waals surface area contributed by atoms with Gasteiger partial charge in [0.05, 0.1) is 0 Å². The third-order valence-electron chi connectivity index (χ3n) is 2.08. The molecule has 0 radical (unpaired) electrons. The normalized spacial score (nSPS) is 28.7. The Bertz CT molecular complexity index is 163. The zero-order valence-corrected chi connectivity index (χ0v) is 7.21. The molecule has 0 aromatic rings. The van der Waals surface area contributed by atoms with Crippen molar-refractivity contribution in [3.05, 3.63) is 0 Å². The Balaban J connectivity index is 2.43. The van der Waals surface area contributed by atoms with Crippen LogP contribution in [0.25, 0.3) is 0 Å². The molecule has 0 spiro atoms. The first-order chi connectivity index (χ1) is 5.11. The van der Waals surface area contributed by atoms with Gasteiger partial charge in [0.1, 0.15) is 5.38 Å². The number of hydrogen-bond donors (Lipinski definition) is 1. The molecule has 1 saturated heterocycles. The maximum Gasteiger partial charge on any atom is 0.321 e. The van der Waals surface area contributed by atoms with Crippen molar-refractivity contribution in [2.24, 2.45) is 5.92 Å². The lowest BCUT2D eigenvalue weighted by Gasteiger charge is -2.12. The van der Waals surface area contributed by atoms with Crippen molar-refractivity contribution < 1.29 is 9.90 Å². The Labute approximate surface area is 70.9 Å². The summed E-state index contributed by atoms with van der Waals surface area (Å²) in [6.45, 7) is 1.77. The second-order valence-corrected chi connectivity index (χ2v) is 3.52. The van der Waals surface area contributed by atoms with Gasteiger partial charge in [-0.2, -0.15) is 0 Å². The Morgan fingerprint density at radius 2 is 2.45 bits per heavy atom. The summed E-state index contributed by atoms with van der Waals surface area (Å²) in [7, 11) is 1.98. The van der Waals surface area contributed by atoms with Gasteiger partial charge in [0, 0.05) is 6.54 Å². The molecular weight excluding hydrogens is 166 g/mol. The summed E-state index contributed by atoms with van der Waals surface area (Å²) < 4.78 is 0. The highest BCUT2D eigenvalue weighted by molar-refractivity contribution is 6.29. The molecule has 2 atom stereocenters. The Morgan fingerprint density at radius 3 is 2.82 bits per heavy atom. The van der Waals surface area contributed by atoms with E-state index in [-0.39, 0.29) is 5.92 Å². The number of likely N-dealkylation sites (tertiary alicyclic amines) is 1. The van der Waals surface area contributed by atoms with Crippen LogP contribution < -0.4 is 0 Å². The van der Waals surface area contributed by atoms with Gasteiger partial charge < -0.3 is 10.0 Å². The summed E-state index contributed by atoms with van der Waals surface area (Å²) in [5.41, 5.74) is 0. The predicted octanol–water partition coefficient (Wildman–Crippen LogP) is 0.630. The molecule has 0 amide bonds. The fourth-order valence-electron chi connectivity index (χ4n) is 1.41. The van der Waals surface area contributed by atoms with E-state index in [1.807, 2.05) is 7.05 Å². The number of aliphatic carboxylic acids is 1. The highest BCUT2D eigenvalue weighted by Gasteiger charge is 2.30. The van der Waals surface area contributed by atoms with Crippen LogP contribution in [-0.2, 0) is 4.79 Å². The molecule has 1 N–H and O–H groups in total. The van der Waals surface area contributed by atoms with Crippen LogP contribution in [0.5, 0.6) is 0 Å². The minimum absolute atomic E-state index is 0.124. The molecule has 2 unspecified atom stereocenters. The number of halogens is 1. The maximum atomic E-state index is 10.4. The number of rotatable bonds is 2. The zero-order chi connectivity index (χ0) is 8.43. The fourth-order valence-corrected chi connectivity index (χ4v) is 1.62. The van der Waals surface area contributed by atoms with Crippen molar-refractivity contribution in [3.8, 4) is 0 Å². The van der Waals surface area contributed by atoms with E-state index in [1.165, 1.54) is 0 Å². The lowest BCUT2D eigenvalue weighted by molar-refractivity contribution is -0.137. The van der Waals surface area contributed by atoms with E-state index in [0.29, 0.717) is 0 Å². The summed E-state index contributed by atoms with van der Waals surface area (Å²) in [5.74, 6) is -0.772. The van der Waals surface area contributed by atoms with Crippen molar-refractivity contribution in [2.75, 3.05) is 20.1 Å². The standard InChI is InChI=1S/C7H12ClNO2/c1-9-3-2-5(4-9)6(8)7(10)11/h5-6H,2-4H2,1H3,(H,10,11). The van der Waals surface area contributed by atoms with Crippen molar-refractivity contribution in [1.29, 1.82) is 0 Å². The molecule has 64 valence electrons. The highest BCUT2D eigenvalue weighted by Crippen LogP contribution is 2.22. The van der Waals surface area contributed by atoms with E-state index >= 15 is 0 Å². The van der Waals surface area contributed by atoms with Crippen molar-refractivity contribution in [2.45, 2.75) is 11.8 Å². The van der Waals surface area contributed by atoms with Gasteiger partial charge in [-0.1, -0.05) is 0 Å². The van der Waals surface area contributed by atoms with E-state index in [4.69, 9.17) is 16.7 Å². The summed E-state index contributed by atoms with van der Waals surface area (Å²) in [6, 6.07) is 0. The van der Waals surface area contributed by atoms with Gasteiger partial charge in [-0.3, -0.25) is 4.79 Å². The van der Waals surface area contributed by atoms with E-state index in [9.17, 15) is 4.79 Å². The van der Waals surface area contributed by atoms with Crippen LogP contribution in [-0.4, -0.2) is 41.5 Å².